The lowest BCUT2D eigenvalue weighted by atomic mass is 9.85. The number of nitrogens with two attached hydrogens (primary N) is 1. The zero-order valence-electron chi connectivity index (χ0n) is 10.2. The van der Waals surface area contributed by atoms with E-state index in [9.17, 15) is 18.0 Å². The van der Waals surface area contributed by atoms with E-state index in [-0.39, 0.29) is 18.4 Å². The Bertz CT molecular complexity index is 289. The van der Waals surface area contributed by atoms with Gasteiger partial charge in [0, 0.05) is 19.5 Å². The van der Waals surface area contributed by atoms with Crippen LogP contribution in [0.15, 0.2) is 0 Å². The number of likely N-dealkylation sites (tertiary alicyclic amines) is 1. The molecule has 1 aliphatic heterocycles. The van der Waals surface area contributed by atoms with Crippen LogP contribution in [0.2, 0.25) is 0 Å². The third-order valence-corrected chi connectivity index (χ3v) is 3.34. The van der Waals surface area contributed by atoms with Gasteiger partial charge in [0.15, 0.2) is 0 Å². The van der Waals surface area contributed by atoms with Gasteiger partial charge in [-0.2, -0.15) is 13.2 Å². The Labute approximate surface area is 99.1 Å². The zero-order chi connectivity index (χ0) is 13.3. The van der Waals surface area contributed by atoms with E-state index in [1.807, 2.05) is 13.8 Å². The maximum atomic E-state index is 12.7. The predicted molar refractivity (Wildman–Crippen MR) is 58.2 cm³/mol. The minimum atomic E-state index is -4.45. The number of carbonyl (C=O) groups excluding carboxylic acids is 1. The molecule has 1 heterocycles. The summed E-state index contributed by atoms with van der Waals surface area (Å²) in [4.78, 5) is 12.6. The highest BCUT2D eigenvalue weighted by atomic mass is 19.4. The minimum Gasteiger partial charge on any atom is -0.329 e. The van der Waals surface area contributed by atoms with Gasteiger partial charge in [-0.3, -0.25) is 4.79 Å². The highest BCUT2D eigenvalue weighted by Gasteiger charge is 2.45. The first-order valence-electron chi connectivity index (χ1n) is 5.73. The Morgan fingerprint density at radius 2 is 2.00 bits per heavy atom. The normalized spacial score (nSPS) is 23.4. The second kappa shape index (κ2) is 4.84. The van der Waals surface area contributed by atoms with Crippen LogP contribution in [0.4, 0.5) is 13.2 Å². The van der Waals surface area contributed by atoms with Crippen molar-refractivity contribution < 1.29 is 18.0 Å². The molecule has 1 unspecified atom stereocenters. The maximum absolute atomic E-state index is 12.7. The number of hydrogen-bond acceptors (Lipinski definition) is 2. The summed E-state index contributed by atoms with van der Waals surface area (Å²) in [6, 6.07) is -1.84. The number of alkyl halides is 3. The van der Waals surface area contributed by atoms with Crippen molar-refractivity contribution in [2.45, 2.75) is 45.3 Å². The van der Waals surface area contributed by atoms with Gasteiger partial charge in [0.05, 0.1) is 0 Å². The molecule has 2 N–H and O–H groups in total. The third kappa shape index (κ3) is 3.59. The van der Waals surface area contributed by atoms with E-state index in [4.69, 9.17) is 5.73 Å². The van der Waals surface area contributed by atoms with E-state index in [0.29, 0.717) is 12.8 Å². The van der Waals surface area contributed by atoms with Crippen LogP contribution in [0.5, 0.6) is 0 Å². The Morgan fingerprint density at radius 3 is 2.47 bits per heavy atom. The molecule has 1 fully saturated rings. The Kier molecular flexibility index (Phi) is 4.06. The number of nitrogens with zero attached hydrogens (tertiary/aromatic N) is 1. The van der Waals surface area contributed by atoms with E-state index < -0.39 is 24.7 Å². The first kappa shape index (κ1) is 14.3. The molecule has 0 aromatic carbocycles. The molecule has 100 valence electrons. The molecule has 1 atom stereocenters. The molecule has 1 rings (SSSR count). The maximum Gasteiger partial charge on any atom is 0.410 e. The van der Waals surface area contributed by atoms with Gasteiger partial charge in [0.25, 0.3) is 0 Å². The Hall–Kier alpha value is -0.780. The van der Waals surface area contributed by atoms with Crippen molar-refractivity contribution in [3.05, 3.63) is 0 Å². The molecule has 0 radical (unpaired) electrons. The SMILES string of the molecule is CC1(C)CCC(=O)N(C(CN)C(F)(F)F)CC1. The molecule has 6 heteroatoms. The average molecular weight is 252 g/mol. The van der Waals surface area contributed by atoms with Crippen molar-refractivity contribution in [1.82, 2.24) is 4.90 Å². The zero-order valence-corrected chi connectivity index (χ0v) is 10.2. The van der Waals surface area contributed by atoms with Gasteiger partial charge in [-0.05, 0) is 18.3 Å². The van der Waals surface area contributed by atoms with Gasteiger partial charge >= 0.3 is 6.18 Å². The van der Waals surface area contributed by atoms with Gasteiger partial charge in [-0.1, -0.05) is 13.8 Å². The van der Waals surface area contributed by atoms with Gasteiger partial charge in [0.2, 0.25) is 5.91 Å². The van der Waals surface area contributed by atoms with Crippen LogP contribution < -0.4 is 5.73 Å². The summed E-state index contributed by atoms with van der Waals surface area (Å²) >= 11 is 0. The van der Waals surface area contributed by atoms with Crippen LogP contribution in [0.3, 0.4) is 0 Å². The van der Waals surface area contributed by atoms with Crippen molar-refractivity contribution >= 4 is 5.91 Å². The molecular formula is C11H19F3N2O. The molecule has 0 bridgehead atoms. The molecule has 0 spiro atoms. The lowest BCUT2D eigenvalue weighted by Crippen LogP contribution is -2.52. The molecular weight excluding hydrogens is 233 g/mol. The molecule has 17 heavy (non-hydrogen) atoms. The largest absolute Gasteiger partial charge is 0.410 e. The van der Waals surface area contributed by atoms with Crippen molar-refractivity contribution in [2.75, 3.05) is 13.1 Å². The topological polar surface area (TPSA) is 46.3 Å². The van der Waals surface area contributed by atoms with Crippen molar-refractivity contribution in [3.63, 3.8) is 0 Å². The van der Waals surface area contributed by atoms with Gasteiger partial charge in [0.1, 0.15) is 6.04 Å². The van der Waals surface area contributed by atoms with E-state index in [1.54, 1.807) is 0 Å². The summed E-state index contributed by atoms with van der Waals surface area (Å²) in [5, 5.41) is 0. The number of rotatable bonds is 2. The fourth-order valence-electron chi connectivity index (χ4n) is 2.03. The molecule has 0 aliphatic carbocycles. The summed E-state index contributed by atoms with van der Waals surface area (Å²) in [6.07, 6.45) is -3.08. The smallest absolute Gasteiger partial charge is 0.329 e. The van der Waals surface area contributed by atoms with Crippen molar-refractivity contribution in [1.29, 1.82) is 0 Å². The van der Waals surface area contributed by atoms with Gasteiger partial charge in [-0.25, -0.2) is 0 Å². The molecule has 0 aromatic rings. The summed E-state index contributed by atoms with van der Waals surface area (Å²) in [7, 11) is 0. The molecule has 1 aliphatic rings. The third-order valence-electron chi connectivity index (χ3n) is 3.34. The van der Waals surface area contributed by atoms with Gasteiger partial charge < -0.3 is 10.6 Å². The summed E-state index contributed by atoms with van der Waals surface area (Å²) in [6.45, 7) is 3.49. The molecule has 1 amide bonds. The van der Waals surface area contributed by atoms with E-state index in [2.05, 4.69) is 0 Å². The quantitative estimate of drug-likeness (QED) is 0.816. The van der Waals surface area contributed by atoms with Crippen molar-refractivity contribution in [3.8, 4) is 0 Å². The second-order valence-electron chi connectivity index (χ2n) is 5.29. The second-order valence-corrected chi connectivity index (χ2v) is 5.29. The number of hydrogen-bond donors (Lipinski definition) is 1. The Morgan fingerprint density at radius 1 is 1.41 bits per heavy atom. The lowest BCUT2D eigenvalue weighted by molar-refractivity contribution is -0.187. The lowest BCUT2D eigenvalue weighted by Gasteiger charge is -2.32. The Balaban J connectivity index is 2.85. The summed E-state index contributed by atoms with van der Waals surface area (Å²) in [5.74, 6) is -0.441. The van der Waals surface area contributed by atoms with Crippen LogP contribution in [0, 0.1) is 5.41 Å². The fraction of sp³-hybridized carbons (Fsp3) is 0.909. The first-order chi connectivity index (χ1) is 7.67. The molecule has 3 nitrogen and oxygen atoms in total. The highest BCUT2D eigenvalue weighted by Crippen LogP contribution is 2.33. The van der Waals surface area contributed by atoms with Crippen LogP contribution in [-0.4, -0.2) is 36.1 Å². The van der Waals surface area contributed by atoms with Gasteiger partial charge in [-0.15, -0.1) is 0 Å². The molecule has 1 saturated heterocycles. The predicted octanol–water partition coefficient (Wildman–Crippen LogP) is 1.91. The number of halogens is 3. The van der Waals surface area contributed by atoms with Crippen LogP contribution in [0.25, 0.3) is 0 Å². The van der Waals surface area contributed by atoms with E-state index >= 15 is 0 Å². The van der Waals surface area contributed by atoms with E-state index in [0.717, 1.165) is 4.90 Å². The molecule has 0 aromatic heterocycles. The fourth-order valence-corrected chi connectivity index (χ4v) is 2.03. The van der Waals surface area contributed by atoms with Crippen LogP contribution in [-0.2, 0) is 4.79 Å². The number of amides is 1. The summed E-state index contributed by atoms with van der Waals surface area (Å²) < 4.78 is 38.2. The minimum absolute atomic E-state index is 0.0881. The van der Waals surface area contributed by atoms with Crippen LogP contribution >= 0.6 is 0 Å². The first-order valence-corrected chi connectivity index (χ1v) is 5.73. The summed E-state index contributed by atoms with van der Waals surface area (Å²) in [5.41, 5.74) is 5.07. The standard InChI is InChI=1S/C11H19F3N2O/c1-10(2)4-3-9(17)16(6-5-10)8(7-15)11(12,13)14/h8H,3-7,15H2,1-2H3. The number of carbonyl (C=O) groups is 1. The van der Waals surface area contributed by atoms with Crippen LogP contribution in [0.1, 0.15) is 33.1 Å². The van der Waals surface area contributed by atoms with E-state index in [1.165, 1.54) is 0 Å². The average Bonchev–Trinajstić information content (AvgIpc) is 2.29. The van der Waals surface area contributed by atoms with Crippen molar-refractivity contribution in [2.24, 2.45) is 11.1 Å². The highest BCUT2D eigenvalue weighted by molar-refractivity contribution is 5.77. The monoisotopic (exact) mass is 252 g/mol. The molecule has 0 saturated carbocycles.